The molecule has 110 valence electrons. The molecular formula is C16H24N2O2. The molecule has 4 heteroatoms. The predicted octanol–water partition coefficient (Wildman–Crippen LogP) is 2.15. The molecule has 0 aliphatic carbocycles. The third-order valence-corrected chi connectivity index (χ3v) is 3.32. The molecule has 0 aliphatic heterocycles. The molecule has 20 heavy (non-hydrogen) atoms. The number of benzene rings is 1. The molecule has 0 atom stereocenters. The summed E-state index contributed by atoms with van der Waals surface area (Å²) in [6.07, 6.45) is 2.10. The summed E-state index contributed by atoms with van der Waals surface area (Å²) in [7, 11) is 0. The standard InChI is InChI=1S/C16H24N2O2/c1-13(2)17-12-14-4-3-5-16-15(14)6-7-18(16)8-10-20-11-9-19/h3-7,13,17,19H,8-12H2,1-2H3. The van der Waals surface area contributed by atoms with Crippen LogP contribution in [-0.2, 0) is 17.8 Å². The minimum absolute atomic E-state index is 0.0808. The van der Waals surface area contributed by atoms with Crippen molar-refractivity contribution in [1.82, 2.24) is 9.88 Å². The second-order valence-corrected chi connectivity index (χ2v) is 5.23. The van der Waals surface area contributed by atoms with E-state index in [1.165, 1.54) is 16.5 Å². The average molecular weight is 276 g/mol. The van der Waals surface area contributed by atoms with Crippen molar-refractivity contribution in [3.05, 3.63) is 36.0 Å². The first-order valence-corrected chi connectivity index (χ1v) is 7.21. The van der Waals surface area contributed by atoms with Gasteiger partial charge in [-0.15, -0.1) is 0 Å². The van der Waals surface area contributed by atoms with Crippen molar-refractivity contribution in [3.63, 3.8) is 0 Å². The number of nitrogens with one attached hydrogen (secondary N) is 1. The molecule has 1 aromatic carbocycles. The summed E-state index contributed by atoms with van der Waals surface area (Å²) in [6, 6.07) is 9.06. The van der Waals surface area contributed by atoms with Gasteiger partial charge in [-0.25, -0.2) is 0 Å². The molecule has 0 saturated heterocycles. The fourth-order valence-electron chi connectivity index (χ4n) is 2.28. The topological polar surface area (TPSA) is 46.4 Å². The smallest absolute Gasteiger partial charge is 0.0698 e. The number of fused-ring (bicyclic) bond motifs is 1. The van der Waals surface area contributed by atoms with Gasteiger partial charge >= 0.3 is 0 Å². The van der Waals surface area contributed by atoms with Gasteiger partial charge in [-0.3, -0.25) is 0 Å². The van der Waals surface area contributed by atoms with Crippen molar-refractivity contribution in [1.29, 1.82) is 0 Å². The first-order chi connectivity index (χ1) is 9.72. The molecule has 0 fully saturated rings. The molecule has 1 heterocycles. The number of rotatable bonds is 8. The van der Waals surface area contributed by atoms with Gasteiger partial charge in [-0.1, -0.05) is 26.0 Å². The van der Waals surface area contributed by atoms with Gasteiger partial charge < -0.3 is 19.7 Å². The predicted molar refractivity (Wildman–Crippen MR) is 81.8 cm³/mol. The largest absolute Gasteiger partial charge is 0.394 e. The maximum atomic E-state index is 8.70. The number of aromatic nitrogens is 1. The maximum absolute atomic E-state index is 8.70. The Morgan fingerprint density at radius 1 is 1.25 bits per heavy atom. The molecule has 0 unspecified atom stereocenters. The van der Waals surface area contributed by atoms with Crippen molar-refractivity contribution in [2.45, 2.75) is 33.0 Å². The zero-order chi connectivity index (χ0) is 14.4. The van der Waals surface area contributed by atoms with E-state index in [1.54, 1.807) is 0 Å². The molecule has 0 saturated carbocycles. The van der Waals surface area contributed by atoms with Crippen LogP contribution in [0.1, 0.15) is 19.4 Å². The second-order valence-electron chi connectivity index (χ2n) is 5.23. The van der Waals surface area contributed by atoms with Gasteiger partial charge in [0.15, 0.2) is 0 Å². The van der Waals surface area contributed by atoms with Crippen molar-refractivity contribution in [2.75, 3.05) is 19.8 Å². The fraction of sp³-hybridized carbons (Fsp3) is 0.500. The highest BCUT2D eigenvalue weighted by Crippen LogP contribution is 2.20. The quantitative estimate of drug-likeness (QED) is 0.726. The molecule has 0 amide bonds. The maximum Gasteiger partial charge on any atom is 0.0698 e. The Balaban J connectivity index is 2.08. The van der Waals surface area contributed by atoms with Crippen LogP contribution in [-0.4, -0.2) is 35.5 Å². The average Bonchev–Trinajstić information content (AvgIpc) is 2.85. The van der Waals surface area contributed by atoms with E-state index in [2.05, 4.69) is 54.2 Å². The molecule has 0 aliphatic rings. The highest BCUT2D eigenvalue weighted by molar-refractivity contribution is 5.83. The van der Waals surface area contributed by atoms with E-state index in [1.807, 2.05) is 0 Å². The molecule has 0 bridgehead atoms. The first kappa shape index (κ1) is 15.0. The molecule has 2 aromatic rings. The van der Waals surface area contributed by atoms with E-state index in [9.17, 15) is 0 Å². The van der Waals surface area contributed by atoms with Crippen molar-refractivity contribution in [3.8, 4) is 0 Å². The zero-order valence-corrected chi connectivity index (χ0v) is 12.3. The van der Waals surface area contributed by atoms with E-state index in [0.29, 0.717) is 19.3 Å². The van der Waals surface area contributed by atoms with Crippen molar-refractivity contribution < 1.29 is 9.84 Å². The molecule has 0 spiro atoms. The minimum Gasteiger partial charge on any atom is -0.394 e. The van der Waals surface area contributed by atoms with Gasteiger partial charge in [0, 0.05) is 36.2 Å². The van der Waals surface area contributed by atoms with E-state index in [4.69, 9.17) is 9.84 Å². The first-order valence-electron chi connectivity index (χ1n) is 7.21. The number of nitrogens with zero attached hydrogens (tertiary/aromatic N) is 1. The van der Waals surface area contributed by atoms with Crippen LogP contribution in [0, 0.1) is 0 Å². The summed E-state index contributed by atoms with van der Waals surface area (Å²) < 4.78 is 7.53. The van der Waals surface area contributed by atoms with Gasteiger partial charge in [-0.2, -0.15) is 0 Å². The Hall–Kier alpha value is -1.36. The molecule has 0 radical (unpaired) electrons. The lowest BCUT2D eigenvalue weighted by Gasteiger charge is -2.10. The number of hydrogen-bond donors (Lipinski definition) is 2. The highest BCUT2D eigenvalue weighted by Gasteiger charge is 2.05. The normalized spacial score (nSPS) is 11.6. The van der Waals surface area contributed by atoms with Gasteiger partial charge in [0.05, 0.1) is 19.8 Å². The van der Waals surface area contributed by atoms with Gasteiger partial charge in [0.1, 0.15) is 0 Å². The van der Waals surface area contributed by atoms with Crippen molar-refractivity contribution >= 4 is 10.9 Å². The number of hydrogen-bond acceptors (Lipinski definition) is 3. The van der Waals surface area contributed by atoms with Gasteiger partial charge in [-0.05, 0) is 17.7 Å². The molecule has 2 rings (SSSR count). The van der Waals surface area contributed by atoms with E-state index in [0.717, 1.165) is 13.1 Å². The van der Waals surface area contributed by atoms with Crippen LogP contribution in [0.25, 0.3) is 10.9 Å². The number of ether oxygens (including phenoxy) is 1. The summed E-state index contributed by atoms with van der Waals surface area (Å²) in [5.41, 5.74) is 2.56. The summed E-state index contributed by atoms with van der Waals surface area (Å²) >= 11 is 0. The van der Waals surface area contributed by atoms with Crippen LogP contribution in [0.5, 0.6) is 0 Å². The molecular weight excluding hydrogens is 252 g/mol. The fourth-order valence-corrected chi connectivity index (χ4v) is 2.28. The van der Waals surface area contributed by atoms with Gasteiger partial charge in [0.2, 0.25) is 0 Å². The van der Waals surface area contributed by atoms with Crippen LogP contribution in [0.3, 0.4) is 0 Å². The summed E-state index contributed by atoms with van der Waals surface area (Å²) in [5.74, 6) is 0. The van der Waals surface area contributed by atoms with Crippen LogP contribution in [0.15, 0.2) is 30.5 Å². The second kappa shape index (κ2) is 7.43. The van der Waals surface area contributed by atoms with Crippen molar-refractivity contribution in [2.24, 2.45) is 0 Å². The van der Waals surface area contributed by atoms with E-state index < -0.39 is 0 Å². The van der Waals surface area contributed by atoms with Crippen LogP contribution >= 0.6 is 0 Å². The minimum atomic E-state index is 0.0808. The van der Waals surface area contributed by atoms with Crippen LogP contribution in [0.2, 0.25) is 0 Å². The number of aliphatic hydroxyl groups excluding tert-OH is 1. The molecule has 1 aromatic heterocycles. The van der Waals surface area contributed by atoms with E-state index in [-0.39, 0.29) is 6.61 Å². The lowest BCUT2D eigenvalue weighted by molar-refractivity contribution is 0.0875. The molecule has 4 nitrogen and oxygen atoms in total. The summed E-state index contributed by atoms with van der Waals surface area (Å²) in [4.78, 5) is 0. The van der Waals surface area contributed by atoms with Crippen LogP contribution in [0.4, 0.5) is 0 Å². The molecule has 2 N–H and O–H groups in total. The number of aliphatic hydroxyl groups is 1. The Bertz CT molecular complexity index is 534. The van der Waals surface area contributed by atoms with Gasteiger partial charge in [0.25, 0.3) is 0 Å². The van der Waals surface area contributed by atoms with Crippen LogP contribution < -0.4 is 5.32 Å². The Morgan fingerprint density at radius 3 is 2.85 bits per heavy atom. The SMILES string of the molecule is CC(C)NCc1cccc2c1ccn2CCOCCO. The lowest BCUT2D eigenvalue weighted by atomic mass is 10.1. The van der Waals surface area contributed by atoms with E-state index >= 15 is 0 Å². The Labute approximate surface area is 120 Å². The summed E-state index contributed by atoms with van der Waals surface area (Å²) in [6.45, 7) is 7.12. The zero-order valence-electron chi connectivity index (χ0n) is 12.3. The third-order valence-electron chi connectivity index (χ3n) is 3.32. The highest BCUT2D eigenvalue weighted by atomic mass is 16.5. The Morgan fingerprint density at radius 2 is 2.10 bits per heavy atom. The lowest BCUT2D eigenvalue weighted by Crippen LogP contribution is -2.21. The summed E-state index contributed by atoms with van der Waals surface area (Å²) in [5, 5.41) is 13.5. The third kappa shape index (κ3) is 3.82. The monoisotopic (exact) mass is 276 g/mol. The Kier molecular flexibility index (Phi) is 5.59.